The quantitative estimate of drug-likeness (QED) is 0.125. The first-order chi connectivity index (χ1) is 21.1. The molecule has 44 heavy (non-hydrogen) atoms. The predicted octanol–water partition coefficient (Wildman–Crippen LogP) is 9.67. The molecule has 0 fully saturated rings. The first kappa shape index (κ1) is 31.9. The maximum absolute atomic E-state index is 13.6. The van der Waals surface area contributed by atoms with Crippen molar-refractivity contribution in [2.45, 2.75) is 27.7 Å². The van der Waals surface area contributed by atoms with Gasteiger partial charge in [0.25, 0.3) is 0 Å². The summed E-state index contributed by atoms with van der Waals surface area (Å²) in [5.41, 5.74) is 9.85. The zero-order valence-electron chi connectivity index (χ0n) is 24.2. The van der Waals surface area contributed by atoms with Gasteiger partial charge in [-0.15, -0.1) is 0 Å². The van der Waals surface area contributed by atoms with Crippen LogP contribution in [0.5, 0.6) is 0 Å². The Morgan fingerprint density at radius 2 is 1.16 bits per heavy atom. The second-order valence-electron chi connectivity index (χ2n) is 9.98. The molecule has 8 nitrogen and oxygen atoms in total. The minimum Gasteiger partial charge on any atom is -0.364 e. The molecule has 0 saturated carbocycles. The van der Waals surface area contributed by atoms with E-state index in [-0.39, 0.29) is 5.82 Å². The topological polar surface area (TPSA) is 107 Å². The van der Waals surface area contributed by atoms with Crippen molar-refractivity contribution in [3.8, 4) is 22.5 Å². The molecule has 0 bridgehead atoms. The number of aromatic nitrogens is 6. The first-order valence-corrected chi connectivity index (χ1v) is 16.0. The van der Waals surface area contributed by atoms with Gasteiger partial charge < -0.3 is 20.6 Å². The van der Waals surface area contributed by atoms with Crippen molar-refractivity contribution >= 4 is 80.1 Å². The number of nitrogens with zero attached hydrogens (tertiary/aromatic N) is 4. The molecule has 0 radical (unpaired) electrons. The Morgan fingerprint density at radius 3 is 1.59 bits per heavy atom. The molecule has 4 heterocycles. The molecule has 0 aliphatic heterocycles. The zero-order valence-corrected chi connectivity index (χ0v) is 29.3. The lowest BCUT2D eigenvalue weighted by atomic mass is 10.1. The minimum atomic E-state index is -0.265. The van der Waals surface area contributed by atoms with Crippen LogP contribution in [0.4, 0.5) is 27.7 Å². The molecular formula is C32H28ClFI2N8. The summed E-state index contributed by atoms with van der Waals surface area (Å²) < 4.78 is 15.2. The third-order valence-electron chi connectivity index (χ3n) is 6.72. The number of hydrogen-bond donors (Lipinski definition) is 4. The van der Waals surface area contributed by atoms with E-state index in [4.69, 9.17) is 11.6 Å². The Bertz CT molecular complexity index is 1760. The number of benzene rings is 2. The number of halogens is 4. The molecule has 4 N–H and O–H groups in total. The largest absolute Gasteiger partial charge is 0.364 e. The lowest BCUT2D eigenvalue weighted by Crippen LogP contribution is -1.99. The summed E-state index contributed by atoms with van der Waals surface area (Å²) in [7, 11) is 0. The Morgan fingerprint density at radius 1 is 0.682 bits per heavy atom. The fraction of sp³-hybridized carbons (Fsp3) is 0.125. The SMILES string of the molecule is Cc1c[nH]c(C)c1-c1ccnc(Nc2ccc(I)c(Cl)c2)n1.Cc1c[nH]c(C)c1-c1ccnc(Nc2ccc(I)c(F)c2)n1. The van der Waals surface area contributed by atoms with Crippen LogP contribution in [0.1, 0.15) is 22.5 Å². The summed E-state index contributed by atoms with van der Waals surface area (Å²) in [4.78, 5) is 24.0. The van der Waals surface area contributed by atoms with E-state index in [1.54, 1.807) is 24.5 Å². The number of aromatic amines is 2. The molecule has 0 saturated heterocycles. The Labute approximate surface area is 287 Å². The lowest BCUT2D eigenvalue weighted by molar-refractivity contribution is 0.621. The summed E-state index contributed by atoms with van der Waals surface area (Å²) >= 11 is 10.3. The van der Waals surface area contributed by atoms with Gasteiger partial charge in [-0.25, -0.2) is 24.3 Å². The Hall–Kier alpha value is -3.56. The first-order valence-electron chi connectivity index (χ1n) is 13.5. The van der Waals surface area contributed by atoms with E-state index in [2.05, 4.69) is 70.1 Å². The Kier molecular flexibility index (Phi) is 10.2. The molecule has 0 unspecified atom stereocenters. The van der Waals surface area contributed by atoms with Gasteiger partial charge in [-0.2, -0.15) is 0 Å². The molecule has 6 aromatic rings. The number of rotatable bonds is 6. The van der Waals surface area contributed by atoms with E-state index >= 15 is 0 Å². The maximum atomic E-state index is 13.6. The molecule has 0 amide bonds. The van der Waals surface area contributed by atoms with Crippen molar-refractivity contribution in [1.29, 1.82) is 0 Å². The van der Waals surface area contributed by atoms with Gasteiger partial charge in [0.15, 0.2) is 0 Å². The van der Waals surface area contributed by atoms with E-state index in [9.17, 15) is 4.39 Å². The third kappa shape index (κ3) is 7.56. The van der Waals surface area contributed by atoms with Crippen molar-refractivity contribution in [2.75, 3.05) is 10.6 Å². The number of nitrogens with one attached hydrogen (secondary N) is 4. The normalized spacial score (nSPS) is 10.7. The van der Waals surface area contributed by atoms with E-state index < -0.39 is 0 Å². The van der Waals surface area contributed by atoms with Gasteiger partial charge in [0.2, 0.25) is 11.9 Å². The fourth-order valence-electron chi connectivity index (χ4n) is 4.62. The van der Waals surface area contributed by atoms with Gasteiger partial charge in [0.05, 0.1) is 16.4 Å². The van der Waals surface area contributed by atoms with Gasteiger partial charge in [-0.1, -0.05) is 11.6 Å². The zero-order chi connectivity index (χ0) is 31.4. The van der Waals surface area contributed by atoms with Crippen LogP contribution in [-0.4, -0.2) is 29.9 Å². The average Bonchev–Trinajstić information content (AvgIpc) is 3.52. The average molecular weight is 833 g/mol. The van der Waals surface area contributed by atoms with Gasteiger partial charge in [0.1, 0.15) is 5.82 Å². The standard InChI is InChI=1S/C16H14ClIN4.C16H14FIN4/c2*1-9-8-20-10(2)15(9)14-5-6-19-16(22-14)21-11-3-4-13(18)12(17)7-11/h2*3-8,20H,1-2H3,(H,19,21,22). The highest BCUT2D eigenvalue weighted by atomic mass is 127. The molecule has 6 rings (SSSR count). The van der Waals surface area contributed by atoms with Gasteiger partial charge >= 0.3 is 0 Å². The molecule has 0 aliphatic carbocycles. The van der Waals surface area contributed by atoms with Crippen LogP contribution in [0.15, 0.2) is 73.3 Å². The van der Waals surface area contributed by atoms with Crippen molar-refractivity contribution in [1.82, 2.24) is 29.9 Å². The molecule has 224 valence electrons. The molecule has 12 heteroatoms. The van der Waals surface area contributed by atoms with Gasteiger partial charge in [0, 0.05) is 65.8 Å². The van der Waals surface area contributed by atoms with Crippen LogP contribution in [-0.2, 0) is 0 Å². The van der Waals surface area contributed by atoms with Crippen LogP contribution in [0.2, 0.25) is 5.02 Å². The van der Waals surface area contributed by atoms with Crippen LogP contribution in [0.25, 0.3) is 22.5 Å². The predicted molar refractivity (Wildman–Crippen MR) is 192 cm³/mol. The summed E-state index contributed by atoms with van der Waals surface area (Å²) in [6, 6.07) is 14.5. The van der Waals surface area contributed by atoms with Gasteiger partial charge in [-0.05, 0) is 133 Å². The second-order valence-corrected chi connectivity index (χ2v) is 12.7. The number of aryl methyl sites for hydroxylation is 4. The maximum Gasteiger partial charge on any atom is 0.227 e. The van der Waals surface area contributed by atoms with Crippen LogP contribution in [0.3, 0.4) is 0 Å². The van der Waals surface area contributed by atoms with E-state index in [0.717, 1.165) is 48.7 Å². The summed E-state index contributed by atoms with van der Waals surface area (Å²) in [6.07, 6.45) is 7.39. The minimum absolute atomic E-state index is 0.265. The van der Waals surface area contributed by atoms with E-state index in [1.165, 1.54) is 11.6 Å². The van der Waals surface area contributed by atoms with E-state index in [0.29, 0.717) is 26.2 Å². The van der Waals surface area contributed by atoms with Crippen LogP contribution < -0.4 is 10.6 Å². The molecule has 0 atom stereocenters. The monoisotopic (exact) mass is 832 g/mol. The third-order valence-corrected chi connectivity index (χ3v) is 9.17. The highest BCUT2D eigenvalue weighted by Gasteiger charge is 2.12. The van der Waals surface area contributed by atoms with Gasteiger partial charge in [-0.3, -0.25) is 0 Å². The number of hydrogen-bond acceptors (Lipinski definition) is 6. The van der Waals surface area contributed by atoms with Crippen molar-refractivity contribution < 1.29 is 4.39 Å². The summed E-state index contributed by atoms with van der Waals surface area (Å²) in [6.45, 7) is 8.14. The van der Waals surface area contributed by atoms with Crippen LogP contribution in [0, 0.1) is 40.7 Å². The molecular weight excluding hydrogens is 805 g/mol. The highest BCUT2D eigenvalue weighted by Crippen LogP contribution is 2.28. The van der Waals surface area contributed by atoms with E-state index in [1.807, 2.05) is 86.1 Å². The van der Waals surface area contributed by atoms with Crippen molar-refractivity contribution in [3.05, 3.63) is 114 Å². The molecule has 0 aliphatic rings. The number of H-pyrrole nitrogens is 2. The lowest BCUT2D eigenvalue weighted by Gasteiger charge is -2.08. The molecule has 0 spiro atoms. The summed E-state index contributed by atoms with van der Waals surface area (Å²) in [5.74, 6) is 0.729. The van der Waals surface area contributed by atoms with Crippen LogP contribution >= 0.6 is 56.8 Å². The highest BCUT2D eigenvalue weighted by molar-refractivity contribution is 14.1. The molecule has 4 aromatic heterocycles. The molecule has 2 aromatic carbocycles. The smallest absolute Gasteiger partial charge is 0.227 e. The fourth-order valence-corrected chi connectivity index (χ4v) is 5.48. The van der Waals surface area contributed by atoms with Crippen molar-refractivity contribution in [3.63, 3.8) is 0 Å². The van der Waals surface area contributed by atoms with Crippen molar-refractivity contribution in [2.24, 2.45) is 0 Å². The number of anilines is 4. The second kappa shape index (κ2) is 14.0. The summed E-state index contributed by atoms with van der Waals surface area (Å²) in [5, 5.41) is 6.94. The Balaban J connectivity index is 0.000000175.